The molecule has 2 N–H and O–H groups in total. The molecule has 3 heterocycles. The van der Waals surface area contributed by atoms with Gasteiger partial charge in [-0.15, -0.1) is 0 Å². The molecule has 2 aromatic heterocycles. The fraction of sp³-hybridized carbons (Fsp3) is 0.261. The molecule has 194 valence electrons. The maximum Gasteiger partial charge on any atom is 0.417 e. The van der Waals surface area contributed by atoms with Gasteiger partial charge in [0.15, 0.2) is 14.9 Å². The van der Waals surface area contributed by atoms with Crippen LogP contribution in [-0.4, -0.2) is 65.8 Å². The number of thiocarbonyl (C=S) groups is 1. The summed E-state index contributed by atoms with van der Waals surface area (Å²) in [6, 6.07) is 8.64. The van der Waals surface area contributed by atoms with E-state index in [1.54, 1.807) is 12.1 Å². The van der Waals surface area contributed by atoms with E-state index in [1.165, 1.54) is 24.5 Å². The maximum absolute atomic E-state index is 13.3. The van der Waals surface area contributed by atoms with E-state index in [9.17, 15) is 21.6 Å². The molecule has 5 rings (SSSR count). The third-order valence-corrected chi connectivity index (χ3v) is 7.96. The number of hydrogen-bond acceptors (Lipinski definition) is 6. The molecule has 0 aliphatic carbocycles. The number of aromatic amines is 1. The van der Waals surface area contributed by atoms with Crippen LogP contribution in [0.5, 0.6) is 0 Å². The summed E-state index contributed by atoms with van der Waals surface area (Å²) in [5.74, 6) is 0.599. The van der Waals surface area contributed by atoms with Crippen molar-refractivity contribution in [2.24, 2.45) is 0 Å². The predicted octanol–water partition coefficient (Wildman–Crippen LogP) is 4.71. The Morgan fingerprint density at radius 2 is 1.78 bits per heavy atom. The van der Waals surface area contributed by atoms with Crippen LogP contribution in [0.2, 0.25) is 5.02 Å². The van der Waals surface area contributed by atoms with E-state index in [0.717, 1.165) is 12.3 Å². The fourth-order valence-corrected chi connectivity index (χ4v) is 5.50. The molecule has 0 unspecified atom stereocenters. The first kappa shape index (κ1) is 25.5. The van der Waals surface area contributed by atoms with Crippen LogP contribution in [0.3, 0.4) is 0 Å². The standard InChI is InChI=1S/C23H20ClF3N6O2S2/c1-37(34,35)14-4-2-13(3-5-14)30-22(36)33-8-6-32(7-9-33)21-19-15-10-17(24)16(23(25,26)27)11-18(15)31-20(19)28-12-29-21/h2-5,10-12H,6-9H2,1H3,(H,30,36)(H,28,29,31). The summed E-state index contributed by atoms with van der Waals surface area (Å²) in [7, 11) is -3.28. The Morgan fingerprint density at radius 1 is 1.11 bits per heavy atom. The lowest BCUT2D eigenvalue weighted by Gasteiger charge is -2.37. The Labute approximate surface area is 220 Å². The second kappa shape index (κ2) is 9.30. The number of rotatable bonds is 3. The highest BCUT2D eigenvalue weighted by molar-refractivity contribution is 7.90. The van der Waals surface area contributed by atoms with Gasteiger partial charge >= 0.3 is 6.18 Å². The van der Waals surface area contributed by atoms with E-state index >= 15 is 0 Å². The number of sulfone groups is 1. The lowest BCUT2D eigenvalue weighted by atomic mass is 10.1. The zero-order valence-electron chi connectivity index (χ0n) is 19.3. The number of benzene rings is 2. The summed E-state index contributed by atoms with van der Waals surface area (Å²) < 4.78 is 63.3. The second-order valence-corrected chi connectivity index (χ2v) is 11.4. The van der Waals surface area contributed by atoms with Gasteiger partial charge in [0.05, 0.1) is 20.9 Å². The van der Waals surface area contributed by atoms with Crippen molar-refractivity contribution in [3.63, 3.8) is 0 Å². The van der Waals surface area contributed by atoms with Crippen molar-refractivity contribution in [1.29, 1.82) is 0 Å². The third-order valence-electron chi connectivity index (χ3n) is 6.16. The number of nitrogens with one attached hydrogen (secondary N) is 2. The van der Waals surface area contributed by atoms with Crippen molar-refractivity contribution < 1.29 is 21.6 Å². The molecule has 0 amide bonds. The lowest BCUT2D eigenvalue weighted by Crippen LogP contribution is -2.50. The number of piperazine rings is 1. The minimum Gasteiger partial charge on any atom is -0.352 e. The van der Waals surface area contributed by atoms with Crippen LogP contribution in [-0.2, 0) is 16.0 Å². The van der Waals surface area contributed by atoms with Gasteiger partial charge in [0, 0.05) is 49.0 Å². The molecule has 1 aliphatic heterocycles. The number of alkyl halides is 3. The SMILES string of the molecule is CS(=O)(=O)c1ccc(NC(=S)N2CCN(c3ncnc4[nH]c5cc(C(F)(F)F)c(Cl)cc5c34)CC2)cc1. The van der Waals surface area contributed by atoms with Crippen molar-refractivity contribution in [2.45, 2.75) is 11.1 Å². The Hall–Kier alpha value is -3.16. The summed E-state index contributed by atoms with van der Waals surface area (Å²) in [5, 5.41) is 4.36. The number of H-pyrrole nitrogens is 1. The topological polar surface area (TPSA) is 94.2 Å². The average molecular weight is 569 g/mol. The van der Waals surface area contributed by atoms with Gasteiger partial charge in [0.25, 0.3) is 0 Å². The number of anilines is 2. The molecular formula is C23H20ClF3N6O2S2. The highest BCUT2D eigenvalue weighted by Crippen LogP contribution is 2.40. The summed E-state index contributed by atoms with van der Waals surface area (Å²) in [4.78, 5) is 15.8. The molecule has 0 spiro atoms. The molecule has 14 heteroatoms. The molecule has 4 aromatic rings. The van der Waals surface area contributed by atoms with E-state index in [0.29, 0.717) is 59.2 Å². The van der Waals surface area contributed by atoms with E-state index in [2.05, 4.69) is 20.3 Å². The average Bonchev–Trinajstić information content (AvgIpc) is 3.20. The monoisotopic (exact) mass is 568 g/mol. The zero-order chi connectivity index (χ0) is 26.5. The summed E-state index contributed by atoms with van der Waals surface area (Å²) in [5.41, 5.74) is 0.460. The van der Waals surface area contributed by atoms with Gasteiger partial charge in [-0.2, -0.15) is 13.2 Å². The van der Waals surface area contributed by atoms with Gasteiger partial charge in [-0.3, -0.25) is 0 Å². The van der Waals surface area contributed by atoms with Crippen LogP contribution in [0, 0.1) is 0 Å². The van der Waals surface area contributed by atoms with Crippen molar-refractivity contribution in [1.82, 2.24) is 19.9 Å². The number of halogens is 4. The molecule has 1 aliphatic rings. The molecule has 0 atom stereocenters. The van der Waals surface area contributed by atoms with Crippen LogP contribution < -0.4 is 10.2 Å². The molecular weight excluding hydrogens is 549 g/mol. The third kappa shape index (κ3) is 5.03. The van der Waals surface area contributed by atoms with Crippen LogP contribution in [0.1, 0.15) is 5.56 Å². The normalized spacial score (nSPS) is 14.9. The van der Waals surface area contributed by atoms with Crippen LogP contribution in [0.4, 0.5) is 24.7 Å². The van der Waals surface area contributed by atoms with Gasteiger partial charge < -0.3 is 20.1 Å². The van der Waals surface area contributed by atoms with Gasteiger partial charge in [-0.25, -0.2) is 18.4 Å². The van der Waals surface area contributed by atoms with Crippen molar-refractivity contribution in [3.8, 4) is 0 Å². The lowest BCUT2D eigenvalue weighted by molar-refractivity contribution is -0.137. The molecule has 8 nitrogen and oxygen atoms in total. The molecule has 1 saturated heterocycles. The molecule has 2 aromatic carbocycles. The molecule has 0 saturated carbocycles. The van der Waals surface area contributed by atoms with Gasteiger partial charge in [0.2, 0.25) is 0 Å². The maximum atomic E-state index is 13.3. The van der Waals surface area contributed by atoms with Crippen molar-refractivity contribution in [3.05, 3.63) is 53.3 Å². The first-order valence-corrected chi connectivity index (χ1v) is 13.7. The van der Waals surface area contributed by atoms with E-state index in [-0.39, 0.29) is 15.4 Å². The number of fused-ring (bicyclic) bond motifs is 3. The summed E-state index contributed by atoms with van der Waals surface area (Å²) in [6.45, 7) is 2.25. The minimum absolute atomic E-state index is 0.224. The first-order chi connectivity index (χ1) is 17.4. The van der Waals surface area contributed by atoms with Crippen molar-refractivity contribution >= 4 is 72.2 Å². The minimum atomic E-state index is -4.57. The highest BCUT2D eigenvalue weighted by atomic mass is 35.5. The summed E-state index contributed by atoms with van der Waals surface area (Å²) in [6.07, 6.45) is -2.05. The van der Waals surface area contributed by atoms with Gasteiger partial charge in [-0.05, 0) is 48.6 Å². The zero-order valence-corrected chi connectivity index (χ0v) is 21.7. The van der Waals surface area contributed by atoms with Gasteiger partial charge in [0.1, 0.15) is 17.8 Å². The Bertz CT molecular complexity index is 1620. The predicted molar refractivity (Wildman–Crippen MR) is 141 cm³/mol. The second-order valence-electron chi connectivity index (χ2n) is 8.62. The quantitative estimate of drug-likeness (QED) is 0.343. The first-order valence-electron chi connectivity index (χ1n) is 11.1. The van der Waals surface area contributed by atoms with Gasteiger partial charge in [-0.1, -0.05) is 11.6 Å². The van der Waals surface area contributed by atoms with Crippen molar-refractivity contribution in [2.75, 3.05) is 42.7 Å². The highest BCUT2D eigenvalue weighted by Gasteiger charge is 2.34. The fourth-order valence-electron chi connectivity index (χ4n) is 4.30. The number of aromatic nitrogens is 3. The Morgan fingerprint density at radius 3 is 2.41 bits per heavy atom. The Kier molecular flexibility index (Phi) is 6.40. The number of hydrogen-bond donors (Lipinski definition) is 2. The molecule has 0 bridgehead atoms. The smallest absolute Gasteiger partial charge is 0.352 e. The summed E-state index contributed by atoms with van der Waals surface area (Å²) >= 11 is 11.5. The van der Waals surface area contributed by atoms with Crippen LogP contribution in [0.25, 0.3) is 21.9 Å². The van der Waals surface area contributed by atoms with E-state index < -0.39 is 21.6 Å². The Balaban J connectivity index is 1.34. The van der Waals surface area contributed by atoms with Crippen LogP contribution >= 0.6 is 23.8 Å². The molecule has 37 heavy (non-hydrogen) atoms. The van der Waals surface area contributed by atoms with E-state index in [4.69, 9.17) is 23.8 Å². The largest absolute Gasteiger partial charge is 0.417 e. The van der Waals surface area contributed by atoms with E-state index in [1.807, 2.05) is 9.80 Å². The number of nitrogens with zero attached hydrogens (tertiary/aromatic N) is 4. The van der Waals surface area contributed by atoms with Crippen LogP contribution in [0.15, 0.2) is 47.6 Å². The molecule has 0 radical (unpaired) electrons. The molecule has 1 fully saturated rings.